The summed E-state index contributed by atoms with van der Waals surface area (Å²) in [7, 11) is 1.59. The fourth-order valence-electron chi connectivity index (χ4n) is 4.29. The second-order valence-corrected chi connectivity index (χ2v) is 7.96. The number of benzene rings is 1. The van der Waals surface area contributed by atoms with Gasteiger partial charge in [0.25, 0.3) is 0 Å². The molecular weight excluding hydrogens is 393 g/mol. The second kappa shape index (κ2) is 8.43. The van der Waals surface area contributed by atoms with Gasteiger partial charge in [-0.15, -0.1) is 0 Å². The summed E-state index contributed by atoms with van der Waals surface area (Å²) in [5.41, 5.74) is 3.60. The lowest BCUT2D eigenvalue weighted by Crippen LogP contribution is -2.34. The molecule has 7 heteroatoms. The summed E-state index contributed by atoms with van der Waals surface area (Å²) < 4.78 is 21.0. The van der Waals surface area contributed by atoms with Crippen LogP contribution in [0.2, 0.25) is 0 Å². The Kier molecular flexibility index (Phi) is 5.34. The summed E-state index contributed by atoms with van der Waals surface area (Å²) in [5, 5.41) is 4.78. The number of halogens is 1. The molecule has 5 rings (SSSR count). The SMILES string of the molecule is COc1ccc(F)cc1-c1ccc2nc([C@H]3CCCN(Cc4ccncc4)C3)nn2c1. The van der Waals surface area contributed by atoms with E-state index < -0.39 is 0 Å². The summed E-state index contributed by atoms with van der Waals surface area (Å²) in [6.45, 7) is 2.93. The number of methoxy groups -OCH3 is 1. The maximum atomic E-state index is 13.8. The highest BCUT2D eigenvalue weighted by atomic mass is 19.1. The quantitative estimate of drug-likeness (QED) is 0.484. The van der Waals surface area contributed by atoms with Crippen molar-refractivity contribution in [2.45, 2.75) is 25.3 Å². The normalized spacial score (nSPS) is 17.2. The average molecular weight is 417 g/mol. The predicted octanol–water partition coefficient (Wildman–Crippen LogP) is 4.32. The topological polar surface area (TPSA) is 55.5 Å². The van der Waals surface area contributed by atoms with E-state index in [0.29, 0.717) is 17.2 Å². The van der Waals surface area contributed by atoms with E-state index in [2.05, 4.69) is 22.0 Å². The van der Waals surface area contributed by atoms with Crippen LogP contribution in [0.25, 0.3) is 16.8 Å². The molecule has 0 aliphatic carbocycles. The number of likely N-dealkylation sites (tertiary alicyclic amines) is 1. The first-order chi connectivity index (χ1) is 15.2. The van der Waals surface area contributed by atoms with Gasteiger partial charge in [-0.2, -0.15) is 5.10 Å². The molecule has 0 spiro atoms. The molecule has 1 aliphatic rings. The van der Waals surface area contributed by atoms with Crippen LogP contribution < -0.4 is 4.74 Å². The Morgan fingerprint density at radius 3 is 2.84 bits per heavy atom. The third-order valence-electron chi connectivity index (χ3n) is 5.85. The molecule has 0 saturated carbocycles. The number of nitrogens with zero attached hydrogens (tertiary/aromatic N) is 5. The smallest absolute Gasteiger partial charge is 0.156 e. The van der Waals surface area contributed by atoms with Crippen LogP contribution in [0.4, 0.5) is 4.39 Å². The van der Waals surface area contributed by atoms with E-state index in [1.54, 1.807) is 17.7 Å². The lowest BCUT2D eigenvalue weighted by Gasteiger charge is -2.31. The Balaban J connectivity index is 1.39. The number of aromatic nitrogens is 4. The summed E-state index contributed by atoms with van der Waals surface area (Å²) in [5.74, 6) is 1.48. The predicted molar refractivity (Wildman–Crippen MR) is 116 cm³/mol. The molecule has 1 atom stereocenters. The highest BCUT2D eigenvalue weighted by Gasteiger charge is 2.25. The minimum Gasteiger partial charge on any atom is -0.496 e. The van der Waals surface area contributed by atoms with Crippen LogP contribution in [0.1, 0.15) is 30.1 Å². The molecule has 1 saturated heterocycles. The Morgan fingerprint density at radius 2 is 2.00 bits per heavy atom. The molecule has 4 aromatic rings. The summed E-state index contributed by atoms with van der Waals surface area (Å²) in [6, 6.07) is 12.5. The van der Waals surface area contributed by atoms with Crippen molar-refractivity contribution < 1.29 is 9.13 Å². The molecular formula is C24H24FN5O. The molecule has 1 aliphatic heterocycles. The Labute approximate surface area is 180 Å². The van der Waals surface area contributed by atoms with Gasteiger partial charge in [0, 0.05) is 48.7 Å². The van der Waals surface area contributed by atoms with E-state index in [0.717, 1.165) is 49.5 Å². The van der Waals surface area contributed by atoms with E-state index in [1.165, 1.54) is 17.7 Å². The fourth-order valence-corrected chi connectivity index (χ4v) is 4.29. The van der Waals surface area contributed by atoms with Gasteiger partial charge in [0.15, 0.2) is 11.5 Å². The van der Waals surface area contributed by atoms with E-state index in [9.17, 15) is 4.39 Å². The third-order valence-corrected chi connectivity index (χ3v) is 5.85. The van der Waals surface area contributed by atoms with Gasteiger partial charge in [0.1, 0.15) is 11.6 Å². The second-order valence-electron chi connectivity index (χ2n) is 7.96. The molecule has 3 aromatic heterocycles. The first kappa shape index (κ1) is 19.6. The van der Waals surface area contributed by atoms with Crippen molar-refractivity contribution in [2.75, 3.05) is 20.2 Å². The number of hydrogen-bond acceptors (Lipinski definition) is 5. The van der Waals surface area contributed by atoms with Gasteiger partial charge in [-0.05, 0) is 67.4 Å². The maximum absolute atomic E-state index is 13.8. The number of piperidine rings is 1. The van der Waals surface area contributed by atoms with Crippen molar-refractivity contribution in [2.24, 2.45) is 0 Å². The highest BCUT2D eigenvalue weighted by Crippen LogP contribution is 2.31. The van der Waals surface area contributed by atoms with Crippen molar-refractivity contribution in [3.05, 3.63) is 78.3 Å². The molecule has 0 bridgehead atoms. The number of pyridine rings is 2. The van der Waals surface area contributed by atoms with E-state index in [4.69, 9.17) is 14.8 Å². The van der Waals surface area contributed by atoms with Gasteiger partial charge in [0.05, 0.1) is 7.11 Å². The first-order valence-corrected chi connectivity index (χ1v) is 10.5. The maximum Gasteiger partial charge on any atom is 0.156 e. The Bertz CT molecular complexity index is 1190. The third kappa shape index (κ3) is 4.14. The van der Waals surface area contributed by atoms with Crippen LogP contribution in [-0.4, -0.2) is 44.7 Å². The van der Waals surface area contributed by atoms with Crippen molar-refractivity contribution in [1.29, 1.82) is 0 Å². The fraction of sp³-hybridized carbons (Fsp3) is 0.292. The number of ether oxygens (including phenoxy) is 1. The van der Waals surface area contributed by atoms with Crippen LogP contribution in [0.5, 0.6) is 5.75 Å². The van der Waals surface area contributed by atoms with E-state index >= 15 is 0 Å². The molecule has 0 radical (unpaired) electrons. The molecule has 1 fully saturated rings. The van der Waals surface area contributed by atoms with Crippen LogP contribution in [0, 0.1) is 5.82 Å². The van der Waals surface area contributed by atoms with E-state index in [1.807, 2.05) is 30.7 Å². The lowest BCUT2D eigenvalue weighted by molar-refractivity contribution is 0.196. The molecule has 0 N–H and O–H groups in total. The molecule has 31 heavy (non-hydrogen) atoms. The van der Waals surface area contributed by atoms with Crippen LogP contribution in [0.15, 0.2) is 61.1 Å². The van der Waals surface area contributed by atoms with Crippen LogP contribution >= 0.6 is 0 Å². The van der Waals surface area contributed by atoms with Gasteiger partial charge >= 0.3 is 0 Å². The average Bonchev–Trinajstić information content (AvgIpc) is 3.23. The summed E-state index contributed by atoms with van der Waals surface area (Å²) in [4.78, 5) is 11.3. The zero-order valence-corrected chi connectivity index (χ0v) is 17.4. The Hall–Kier alpha value is -3.32. The molecule has 0 amide bonds. The molecule has 6 nitrogen and oxygen atoms in total. The number of hydrogen-bond donors (Lipinski definition) is 0. The standard InChI is InChI=1S/C24H24FN5O/c1-31-22-6-5-20(25)13-21(22)18-4-7-23-27-24(28-30(23)16-18)19-3-2-12-29(15-19)14-17-8-10-26-11-9-17/h4-11,13,16,19H,2-3,12,14-15H2,1H3/t19-/m0/s1. The van der Waals surface area contributed by atoms with Crippen molar-refractivity contribution >= 4 is 5.65 Å². The van der Waals surface area contributed by atoms with Crippen LogP contribution in [-0.2, 0) is 6.54 Å². The van der Waals surface area contributed by atoms with Gasteiger partial charge in [-0.1, -0.05) is 0 Å². The van der Waals surface area contributed by atoms with E-state index in [-0.39, 0.29) is 5.82 Å². The molecule has 4 heterocycles. The molecule has 158 valence electrons. The zero-order chi connectivity index (χ0) is 21.2. The van der Waals surface area contributed by atoms with Crippen molar-refractivity contribution in [1.82, 2.24) is 24.5 Å². The summed E-state index contributed by atoms with van der Waals surface area (Å²) in [6.07, 6.45) is 7.77. The monoisotopic (exact) mass is 417 g/mol. The largest absolute Gasteiger partial charge is 0.496 e. The first-order valence-electron chi connectivity index (χ1n) is 10.5. The number of rotatable bonds is 5. The minimum atomic E-state index is -0.299. The van der Waals surface area contributed by atoms with Gasteiger partial charge in [-0.25, -0.2) is 13.9 Å². The van der Waals surface area contributed by atoms with Gasteiger partial charge < -0.3 is 4.74 Å². The zero-order valence-electron chi connectivity index (χ0n) is 17.4. The van der Waals surface area contributed by atoms with Crippen LogP contribution in [0.3, 0.4) is 0 Å². The lowest BCUT2D eigenvalue weighted by atomic mass is 9.97. The highest BCUT2D eigenvalue weighted by molar-refractivity contribution is 5.71. The van der Waals surface area contributed by atoms with Crippen molar-refractivity contribution in [3.63, 3.8) is 0 Å². The van der Waals surface area contributed by atoms with Gasteiger partial charge in [0.2, 0.25) is 0 Å². The minimum absolute atomic E-state index is 0.294. The molecule has 1 aromatic carbocycles. The summed E-state index contributed by atoms with van der Waals surface area (Å²) >= 11 is 0. The molecule has 0 unspecified atom stereocenters. The Morgan fingerprint density at radius 1 is 1.13 bits per heavy atom. The number of fused-ring (bicyclic) bond motifs is 1. The van der Waals surface area contributed by atoms with Gasteiger partial charge in [-0.3, -0.25) is 9.88 Å². The van der Waals surface area contributed by atoms with Crippen molar-refractivity contribution in [3.8, 4) is 16.9 Å².